The zero-order chi connectivity index (χ0) is 12.0. The van der Waals surface area contributed by atoms with E-state index in [9.17, 15) is 9.59 Å². The van der Waals surface area contributed by atoms with Gasteiger partial charge in [-0.05, 0) is 25.7 Å². The van der Waals surface area contributed by atoms with Gasteiger partial charge in [0.25, 0.3) is 0 Å². The first-order valence-electron chi connectivity index (χ1n) is 5.77. The van der Waals surface area contributed by atoms with Crippen LogP contribution in [0.25, 0.3) is 0 Å². The molecular weight excluding hydrogens is 210 g/mol. The second kappa shape index (κ2) is 6.48. The standard InChI is InChI=1S/C11H19NO4/c13-8-9-4-1-2-7-12(9)10(14)5-3-6-11(15)16/h9,13H,1-8H2,(H,15,16). The van der Waals surface area contributed by atoms with Crippen LogP contribution in [0.1, 0.15) is 38.5 Å². The van der Waals surface area contributed by atoms with Crippen molar-refractivity contribution in [3.8, 4) is 0 Å². The Balaban J connectivity index is 2.35. The van der Waals surface area contributed by atoms with Crippen LogP contribution < -0.4 is 0 Å². The van der Waals surface area contributed by atoms with Gasteiger partial charge >= 0.3 is 5.97 Å². The number of hydrogen-bond acceptors (Lipinski definition) is 3. The highest BCUT2D eigenvalue weighted by Gasteiger charge is 2.25. The normalized spacial score (nSPS) is 20.8. The summed E-state index contributed by atoms with van der Waals surface area (Å²) in [5.41, 5.74) is 0. The van der Waals surface area contributed by atoms with Crippen LogP contribution >= 0.6 is 0 Å². The van der Waals surface area contributed by atoms with Crippen molar-refractivity contribution in [3.05, 3.63) is 0 Å². The predicted molar refractivity (Wildman–Crippen MR) is 57.9 cm³/mol. The SMILES string of the molecule is O=C(O)CCCC(=O)N1CCCCC1CO. The third kappa shape index (κ3) is 3.81. The molecule has 0 aromatic carbocycles. The van der Waals surface area contributed by atoms with Gasteiger partial charge in [0, 0.05) is 19.4 Å². The Hall–Kier alpha value is -1.10. The fourth-order valence-electron chi connectivity index (χ4n) is 2.05. The number of carbonyl (C=O) groups excluding carboxylic acids is 1. The second-order valence-corrected chi connectivity index (χ2v) is 4.17. The molecule has 1 heterocycles. The van der Waals surface area contributed by atoms with Gasteiger partial charge in [0.1, 0.15) is 0 Å². The Bertz CT molecular complexity index is 254. The van der Waals surface area contributed by atoms with E-state index in [4.69, 9.17) is 10.2 Å². The molecule has 1 aliphatic heterocycles. The van der Waals surface area contributed by atoms with Crippen molar-refractivity contribution in [1.82, 2.24) is 4.90 Å². The maximum Gasteiger partial charge on any atom is 0.303 e. The number of nitrogens with zero attached hydrogens (tertiary/aromatic N) is 1. The Labute approximate surface area is 95.1 Å². The van der Waals surface area contributed by atoms with Crippen LogP contribution in [0.15, 0.2) is 0 Å². The molecule has 2 N–H and O–H groups in total. The van der Waals surface area contributed by atoms with E-state index in [-0.39, 0.29) is 31.4 Å². The van der Waals surface area contributed by atoms with Crippen molar-refractivity contribution in [2.45, 2.75) is 44.6 Å². The number of likely N-dealkylation sites (tertiary alicyclic amines) is 1. The predicted octanol–water partition coefficient (Wildman–Crippen LogP) is 0.615. The van der Waals surface area contributed by atoms with Crippen molar-refractivity contribution in [2.24, 2.45) is 0 Å². The van der Waals surface area contributed by atoms with Crippen molar-refractivity contribution in [2.75, 3.05) is 13.2 Å². The van der Waals surface area contributed by atoms with Gasteiger partial charge in [-0.25, -0.2) is 0 Å². The Morgan fingerprint density at radius 3 is 2.62 bits per heavy atom. The minimum atomic E-state index is -0.870. The highest BCUT2D eigenvalue weighted by molar-refractivity contribution is 5.77. The van der Waals surface area contributed by atoms with E-state index in [1.165, 1.54) is 0 Å². The maximum absolute atomic E-state index is 11.8. The summed E-state index contributed by atoms with van der Waals surface area (Å²) in [6, 6.07) is -0.0638. The number of aliphatic carboxylic acids is 1. The van der Waals surface area contributed by atoms with Gasteiger partial charge in [0.05, 0.1) is 12.6 Å². The molecule has 1 fully saturated rings. The summed E-state index contributed by atoms with van der Waals surface area (Å²) < 4.78 is 0. The lowest BCUT2D eigenvalue weighted by Crippen LogP contribution is -2.45. The van der Waals surface area contributed by atoms with Crippen LogP contribution in [0, 0.1) is 0 Å². The summed E-state index contributed by atoms with van der Waals surface area (Å²) in [5, 5.41) is 17.6. The summed E-state index contributed by atoms with van der Waals surface area (Å²) in [6.45, 7) is 0.696. The van der Waals surface area contributed by atoms with Gasteiger partial charge in [-0.3, -0.25) is 9.59 Å². The van der Waals surface area contributed by atoms with E-state index in [1.54, 1.807) is 4.90 Å². The molecule has 0 bridgehead atoms. The van der Waals surface area contributed by atoms with Crippen molar-refractivity contribution < 1.29 is 19.8 Å². The number of piperidine rings is 1. The Morgan fingerprint density at radius 1 is 1.25 bits per heavy atom. The summed E-state index contributed by atoms with van der Waals surface area (Å²) >= 11 is 0. The lowest BCUT2D eigenvalue weighted by Gasteiger charge is -2.34. The quantitative estimate of drug-likeness (QED) is 0.724. The van der Waals surface area contributed by atoms with Crippen LogP contribution in [-0.2, 0) is 9.59 Å². The monoisotopic (exact) mass is 229 g/mol. The first-order chi connectivity index (χ1) is 7.65. The second-order valence-electron chi connectivity index (χ2n) is 4.17. The van der Waals surface area contributed by atoms with E-state index in [2.05, 4.69) is 0 Å². The molecule has 1 saturated heterocycles. The summed E-state index contributed by atoms with van der Waals surface area (Å²) in [6.07, 6.45) is 3.54. The molecule has 1 unspecified atom stereocenters. The van der Waals surface area contributed by atoms with Crippen LogP contribution in [-0.4, -0.2) is 46.2 Å². The van der Waals surface area contributed by atoms with E-state index in [0.717, 1.165) is 19.3 Å². The molecule has 0 saturated carbocycles. The molecule has 0 aromatic heterocycles. The molecule has 0 aromatic rings. The molecule has 0 radical (unpaired) electrons. The lowest BCUT2D eigenvalue weighted by molar-refractivity contribution is -0.138. The van der Waals surface area contributed by atoms with Gasteiger partial charge in [0.15, 0.2) is 0 Å². The van der Waals surface area contributed by atoms with Crippen molar-refractivity contribution >= 4 is 11.9 Å². The van der Waals surface area contributed by atoms with Gasteiger partial charge in [-0.15, -0.1) is 0 Å². The molecule has 1 aliphatic rings. The average molecular weight is 229 g/mol. The van der Waals surface area contributed by atoms with E-state index >= 15 is 0 Å². The largest absolute Gasteiger partial charge is 0.481 e. The molecular formula is C11H19NO4. The first-order valence-corrected chi connectivity index (χ1v) is 5.77. The number of carboxylic acids is 1. The van der Waals surface area contributed by atoms with Gasteiger partial charge in [-0.2, -0.15) is 0 Å². The Kier molecular flexibility index (Phi) is 5.25. The molecule has 92 valence electrons. The number of aliphatic hydroxyl groups excluding tert-OH is 1. The fourth-order valence-corrected chi connectivity index (χ4v) is 2.05. The summed E-state index contributed by atoms with van der Waals surface area (Å²) in [5.74, 6) is -0.898. The number of aliphatic hydroxyl groups is 1. The number of amides is 1. The fraction of sp³-hybridized carbons (Fsp3) is 0.818. The highest BCUT2D eigenvalue weighted by Crippen LogP contribution is 2.18. The minimum absolute atomic E-state index is 0.00463. The third-order valence-corrected chi connectivity index (χ3v) is 2.94. The molecule has 1 rings (SSSR count). The topological polar surface area (TPSA) is 77.8 Å². The number of carboxylic acid groups (broad SMARTS) is 1. The van der Waals surface area contributed by atoms with E-state index < -0.39 is 5.97 Å². The average Bonchev–Trinajstić information content (AvgIpc) is 2.28. The van der Waals surface area contributed by atoms with Crippen molar-refractivity contribution in [3.63, 3.8) is 0 Å². The summed E-state index contributed by atoms with van der Waals surface area (Å²) in [7, 11) is 0. The molecule has 5 heteroatoms. The molecule has 0 spiro atoms. The zero-order valence-electron chi connectivity index (χ0n) is 9.39. The first kappa shape index (κ1) is 13.0. The van der Waals surface area contributed by atoms with Crippen LogP contribution in [0.4, 0.5) is 0 Å². The number of hydrogen-bond donors (Lipinski definition) is 2. The highest BCUT2D eigenvalue weighted by atomic mass is 16.4. The number of carbonyl (C=O) groups is 2. The molecule has 1 amide bonds. The van der Waals surface area contributed by atoms with E-state index in [0.29, 0.717) is 13.0 Å². The van der Waals surface area contributed by atoms with Gasteiger partial charge < -0.3 is 15.1 Å². The Morgan fingerprint density at radius 2 is 2.00 bits per heavy atom. The maximum atomic E-state index is 11.8. The minimum Gasteiger partial charge on any atom is -0.481 e. The van der Waals surface area contributed by atoms with Crippen molar-refractivity contribution in [1.29, 1.82) is 0 Å². The third-order valence-electron chi connectivity index (χ3n) is 2.94. The van der Waals surface area contributed by atoms with Gasteiger partial charge in [0.2, 0.25) is 5.91 Å². The zero-order valence-corrected chi connectivity index (χ0v) is 9.39. The lowest BCUT2D eigenvalue weighted by atomic mass is 10.0. The molecule has 1 atom stereocenters. The van der Waals surface area contributed by atoms with Crippen LogP contribution in [0.3, 0.4) is 0 Å². The molecule has 0 aliphatic carbocycles. The summed E-state index contributed by atoms with van der Waals surface area (Å²) in [4.78, 5) is 23.8. The van der Waals surface area contributed by atoms with E-state index in [1.807, 2.05) is 0 Å². The molecule has 5 nitrogen and oxygen atoms in total. The molecule has 16 heavy (non-hydrogen) atoms. The van der Waals surface area contributed by atoms with Gasteiger partial charge in [-0.1, -0.05) is 0 Å². The van der Waals surface area contributed by atoms with Crippen LogP contribution in [0.2, 0.25) is 0 Å². The smallest absolute Gasteiger partial charge is 0.303 e. The van der Waals surface area contributed by atoms with Crippen LogP contribution in [0.5, 0.6) is 0 Å². The number of rotatable bonds is 5.